The van der Waals surface area contributed by atoms with Gasteiger partial charge in [-0.25, -0.2) is 5.01 Å². The average Bonchev–Trinajstić information content (AvgIpc) is 2.72. The van der Waals surface area contributed by atoms with Crippen molar-refractivity contribution in [2.24, 2.45) is 10.8 Å². The number of likely N-dealkylation sites (N-methyl/N-ethyl adjacent to an activating group) is 1. The van der Waals surface area contributed by atoms with E-state index < -0.39 is 16.4 Å². The van der Waals surface area contributed by atoms with E-state index >= 15 is 0 Å². The largest absolute Gasteiger partial charge is 0.448 e. The average molecular weight is 296 g/mol. The smallest absolute Gasteiger partial charge is 0.313 e. The first-order valence-electron chi connectivity index (χ1n) is 7.84. The van der Waals surface area contributed by atoms with Crippen LogP contribution in [0.3, 0.4) is 0 Å². The molecule has 0 aromatic rings. The third kappa shape index (κ3) is 1.78. The lowest BCUT2D eigenvalue weighted by molar-refractivity contribution is -0.884. The first kappa shape index (κ1) is 14.8. The van der Waals surface area contributed by atoms with E-state index in [1.165, 1.54) is 4.90 Å². The molecule has 0 radical (unpaired) electrons. The van der Waals surface area contributed by atoms with Gasteiger partial charge in [-0.3, -0.25) is 15.0 Å². The molecule has 0 spiro atoms. The van der Waals surface area contributed by atoms with Crippen LogP contribution in [0.25, 0.3) is 0 Å². The summed E-state index contributed by atoms with van der Waals surface area (Å²) >= 11 is 0. The predicted molar refractivity (Wildman–Crippen MR) is 76.3 cm³/mol. The van der Waals surface area contributed by atoms with E-state index in [-0.39, 0.29) is 11.9 Å². The predicted octanol–water partition coefficient (Wildman–Crippen LogP) is -1.03. The lowest BCUT2D eigenvalue weighted by Crippen LogP contribution is -3.12. The van der Waals surface area contributed by atoms with Gasteiger partial charge < -0.3 is 9.64 Å². The van der Waals surface area contributed by atoms with Gasteiger partial charge in [0.1, 0.15) is 0 Å². The van der Waals surface area contributed by atoms with E-state index in [1.807, 2.05) is 25.8 Å². The Kier molecular flexibility index (Phi) is 3.12. The van der Waals surface area contributed by atoms with Gasteiger partial charge >= 0.3 is 5.97 Å². The monoisotopic (exact) mass is 296 g/mol. The van der Waals surface area contributed by atoms with Crippen molar-refractivity contribution in [1.29, 1.82) is 0 Å². The Hall–Kier alpha value is -1.14. The maximum atomic E-state index is 12.8. The number of piperazine rings is 1. The van der Waals surface area contributed by atoms with Crippen molar-refractivity contribution in [2.45, 2.75) is 39.2 Å². The summed E-state index contributed by atoms with van der Waals surface area (Å²) in [6, 6.07) is 0. The molecule has 3 rings (SSSR count). The van der Waals surface area contributed by atoms with Crippen LogP contribution in [0.1, 0.15) is 33.6 Å². The Morgan fingerprint density at radius 3 is 2.33 bits per heavy atom. The van der Waals surface area contributed by atoms with E-state index in [0.717, 1.165) is 32.6 Å². The summed E-state index contributed by atoms with van der Waals surface area (Å²) in [6.45, 7) is 9.58. The van der Waals surface area contributed by atoms with Crippen LogP contribution in [0.5, 0.6) is 0 Å². The molecular weight excluding hydrogens is 270 g/mol. The number of amides is 1. The first-order valence-corrected chi connectivity index (χ1v) is 7.84. The molecule has 2 aliphatic heterocycles. The van der Waals surface area contributed by atoms with E-state index in [0.29, 0.717) is 6.42 Å². The molecule has 0 unspecified atom stereocenters. The van der Waals surface area contributed by atoms with Crippen LogP contribution < -0.4 is 10.3 Å². The molecule has 21 heavy (non-hydrogen) atoms. The van der Waals surface area contributed by atoms with Crippen molar-refractivity contribution < 1.29 is 19.2 Å². The second-order valence-corrected chi connectivity index (χ2v) is 7.56. The van der Waals surface area contributed by atoms with Gasteiger partial charge in [0.05, 0.1) is 38.6 Å². The number of hydrogen-bond acceptors (Lipinski definition) is 4. The quantitative estimate of drug-likeness (QED) is 0.640. The number of quaternary nitrogens is 1. The number of hydrazine groups is 1. The van der Waals surface area contributed by atoms with Gasteiger partial charge in [-0.1, -0.05) is 13.8 Å². The van der Waals surface area contributed by atoms with E-state index in [9.17, 15) is 9.59 Å². The van der Waals surface area contributed by atoms with Crippen molar-refractivity contribution in [2.75, 3.05) is 33.2 Å². The van der Waals surface area contributed by atoms with Crippen LogP contribution in [0.4, 0.5) is 0 Å². The fourth-order valence-corrected chi connectivity index (χ4v) is 3.98. The van der Waals surface area contributed by atoms with E-state index in [1.54, 1.807) is 0 Å². The molecule has 6 nitrogen and oxygen atoms in total. The Bertz CT molecular complexity index is 485. The topological polar surface area (TPSA) is 63.1 Å². The molecule has 3 aliphatic rings. The Morgan fingerprint density at radius 2 is 1.86 bits per heavy atom. The highest BCUT2D eigenvalue weighted by atomic mass is 16.6. The Balaban J connectivity index is 1.77. The van der Waals surface area contributed by atoms with Gasteiger partial charge in [0.15, 0.2) is 5.60 Å². The molecule has 2 bridgehead atoms. The number of nitrogens with zero attached hydrogens (tertiary/aromatic N) is 1. The van der Waals surface area contributed by atoms with Gasteiger partial charge in [-0.05, 0) is 19.8 Å². The molecule has 2 atom stereocenters. The van der Waals surface area contributed by atoms with Gasteiger partial charge in [0.25, 0.3) is 5.91 Å². The summed E-state index contributed by atoms with van der Waals surface area (Å²) in [5.74, 6) is -0.377. The minimum Gasteiger partial charge on any atom is -0.448 e. The zero-order chi connectivity index (χ0) is 15.5. The Labute approximate surface area is 125 Å². The van der Waals surface area contributed by atoms with Gasteiger partial charge in [-0.15, -0.1) is 0 Å². The number of carbonyl (C=O) groups excluding carboxylic acids is 2. The summed E-state index contributed by atoms with van der Waals surface area (Å²) < 4.78 is 5.61. The molecule has 1 amide bonds. The van der Waals surface area contributed by atoms with Crippen molar-refractivity contribution in [3.63, 3.8) is 0 Å². The summed E-state index contributed by atoms with van der Waals surface area (Å²) in [5, 5.41) is 1.96. The van der Waals surface area contributed by atoms with Crippen molar-refractivity contribution in [3.8, 4) is 0 Å². The standard InChI is InChI=1S/C15H25N3O3/c1-13(2)14(3)5-6-15(13,21-12(14)20)11(19)16-18-9-7-17(4)8-10-18/h5-10H2,1-4H3,(H,16,19)/p+1/t14-,15+/m1/s1. The molecule has 1 aliphatic carbocycles. The van der Waals surface area contributed by atoms with Crippen molar-refractivity contribution >= 4 is 11.9 Å². The van der Waals surface area contributed by atoms with Gasteiger partial charge in [0, 0.05) is 5.41 Å². The molecule has 118 valence electrons. The number of rotatable bonds is 2. The molecule has 2 heterocycles. The first-order chi connectivity index (χ1) is 9.73. The number of esters is 1. The fraction of sp³-hybridized carbons (Fsp3) is 0.867. The zero-order valence-electron chi connectivity index (χ0n) is 13.4. The van der Waals surface area contributed by atoms with Crippen molar-refractivity contribution in [3.05, 3.63) is 0 Å². The second kappa shape index (κ2) is 4.43. The molecule has 6 heteroatoms. The molecular formula is C15H26N3O3+. The lowest BCUT2D eigenvalue weighted by Gasteiger charge is -2.38. The molecule has 1 saturated carbocycles. The van der Waals surface area contributed by atoms with Crippen LogP contribution in [-0.2, 0) is 14.3 Å². The van der Waals surface area contributed by atoms with E-state index in [4.69, 9.17) is 4.74 Å². The van der Waals surface area contributed by atoms with Crippen LogP contribution in [0.2, 0.25) is 0 Å². The summed E-state index contributed by atoms with van der Waals surface area (Å²) in [7, 11) is 2.15. The molecule has 0 aromatic heterocycles. The number of carbonyl (C=O) groups is 2. The Morgan fingerprint density at radius 1 is 1.24 bits per heavy atom. The summed E-state index contributed by atoms with van der Waals surface area (Å²) in [6.07, 6.45) is 1.34. The maximum absolute atomic E-state index is 12.8. The van der Waals surface area contributed by atoms with Crippen LogP contribution in [-0.4, -0.2) is 55.7 Å². The van der Waals surface area contributed by atoms with Gasteiger partial charge in [0.2, 0.25) is 0 Å². The fourth-order valence-electron chi connectivity index (χ4n) is 3.98. The molecule has 2 saturated heterocycles. The highest BCUT2D eigenvalue weighted by Gasteiger charge is 2.75. The van der Waals surface area contributed by atoms with Crippen molar-refractivity contribution in [1.82, 2.24) is 10.4 Å². The second-order valence-electron chi connectivity index (χ2n) is 7.56. The third-order valence-electron chi connectivity index (χ3n) is 6.33. The maximum Gasteiger partial charge on any atom is 0.313 e. The SMILES string of the molecule is C[NH+]1CCN(NC(=O)[C@]23CC[C@](C)(C(=O)O2)C3(C)C)CC1. The molecule has 2 N–H and O–H groups in total. The minimum atomic E-state index is -1.00. The number of ether oxygens (including phenoxy) is 1. The van der Waals surface area contributed by atoms with Crippen LogP contribution in [0.15, 0.2) is 0 Å². The number of fused-ring (bicyclic) bond motifs is 2. The number of nitrogens with one attached hydrogen (secondary N) is 2. The van der Waals surface area contributed by atoms with Crippen LogP contribution >= 0.6 is 0 Å². The molecule has 3 fully saturated rings. The highest BCUT2D eigenvalue weighted by molar-refractivity contribution is 5.96. The van der Waals surface area contributed by atoms with E-state index in [2.05, 4.69) is 12.5 Å². The lowest BCUT2D eigenvalue weighted by atomic mass is 9.66. The highest BCUT2D eigenvalue weighted by Crippen LogP contribution is 2.65. The summed E-state index contributed by atoms with van der Waals surface area (Å²) in [4.78, 5) is 26.5. The normalized spacial score (nSPS) is 39.3. The van der Waals surface area contributed by atoms with Crippen LogP contribution in [0, 0.1) is 10.8 Å². The van der Waals surface area contributed by atoms with Gasteiger partial charge in [-0.2, -0.15) is 0 Å². The third-order valence-corrected chi connectivity index (χ3v) is 6.33. The summed E-state index contributed by atoms with van der Waals surface area (Å²) in [5.41, 5.74) is 0.974. The minimum absolute atomic E-state index is 0.151. The molecule has 0 aromatic carbocycles. The zero-order valence-corrected chi connectivity index (χ0v) is 13.4. The number of hydrogen-bond donors (Lipinski definition) is 2.